The minimum atomic E-state index is -0.618. The molecule has 0 heterocycles. The van der Waals surface area contributed by atoms with E-state index in [2.05, 4.69) is 5.32 Å². The first kappa shape index (κ1) is 14.8. The van der Waals surface area contributed by atoms with Crippen LogP contribution in [-0.2, 0) is 0 Å². The highest BCUT2D eigenvalue weighted by Crippen LogP contribution is 2.40. The first-order chi connectivity index (χ1) is 10.5. The smallest absolute Gasteiger partial charge is 0.258 e. The number of hydrogen-bond donors (Lipinski definition) is 1. The van der Waals surface area contributed by atoms with Crippen LogP contribution in [0.25, 0.3) is 0 Å². The standard InChI is InChI=1S/C17H14BF2NO/c1-9-14(18)7-12(19)8-16(9)21-17(22)13-5-4-11(6-15(13)20)10-2-3-10/h4-8,10H,2-3H2,1H3,(H,21,22). The molecule has 3 rings (SSSR count). The van der Waals surface area contributed by atoms with Gasteiger partial charge in [-0.25, -0.2) is 8.78 Å². The Balaban J connectivity index is 1.85. The summed E-state index contributed by atoms with van der Waals surface area (Å²) in [6.07, 6.45) is 2.12. The second-order valence-corrected chi connectivity index (χ2v) is 5.64. The Bertz CT molecular complexity index is 757. The Hall–Kier alpha value is -2.17. The Morgan fingerprint density at radius 1 is 1.23 bits per heavy atom. The van der Waals surface area contributed by atoms with Crippen molar-refractivity contribution in [2.24, 2.45) is 0 Å². The van der Waals surface area contributed by atoms with Gasteiger partial charge in [0, 0.05) is 5.69 Å². The van der Waals surface area contributed by atoms with Gasteiger partial charge in [0.05, 0.1) is 5.56 Å². The van der Waals surface area contributed by atoms with Crippen molar-refractivity contribution in [3.05, 3.63) is 58.7 Å². The van der Waals surface area contributed by atoms with Gasteiger partial charge in [-0.05, 0) is 61.1 Å². The van der Waals surface area contributed by atoms with E-state index in [-0.39, 0.29) is 16.7 Å². The van der Waals surface area contributed by atoms with Gasteiger partial charge in [0.2, 0.25) is 0 Å². The largest absolute Gasteiger partial charge is 0.322 e. The third-order valence-corrected chi connectivity index (χ3v) is 3.95. The second kappa shape index (κ2) is 5.56. The van der Waals surface area contributed by atoms with Crippen molar-refractivity contribution in [3.8, 4) is 0 Å². The van der Waals surface area contributed by atoms with Gasteiger partial charge in [-0.1, -0.05) is 11.5 Å². The summed E-state index contributed by atoms with van der Waals surface area (Å²) in [4.78, 5) is 12.2. The Morgan fingerprint density at radius 2 is 1.95 bits per heavy atom. The van der Waals surface area contributed by atoms with Crippen LogP contribution in [0.4, 0.5) is 14.5 Å². The Morgan fingerprint density at radius 3 is 2.59 bits per heavy atom. The van der Waals surface area contributed by atoms with E-state index in [1.165, 1.54) is 24.3 Å². The summed E-state index contributed by atoms with van der Waals surface area (Å²) in [5.41, 5.74) is 1.88. The van der Waals surface area contributed by atoms with Crippen LogP contribution < -0.4 is 10.8 Å². The molecule has 0 spiro atoms. The maximum atomic E-state index is 14.1. The fourth-order valence-corrected chi connectivity index (χ4v) is 2.41. The zero-order chi connectivity index (χ0) is 15.9. The van der Waals surface area contributed by atoms with E-state index < -0.39 is 17.5 Å². The summed E-state index contributed by atoms with van der Waals surface area (Å²) in [6.45, 7) is 1.66. The molecule has 1 aliphatic rings. The number of benzene rings is 2. The molecular weight excluding hydrogens is 283 g/mol. The first-order valence-electron chi connectivity index (χ1n) is 7.12. The van der Waals surface area contributed by atoms with Crippen LogP contribution in [0, 0.1) is 18.6 Å². The van der Waals surface area contributed by atoms with Crippen LogP contribution in [0.2, 0.25) is 0 Å². The van der Waals surface area contributed by atoms with E-state index in [9.17, 15) is 13.6 Å². The molecule has 0 saturated heterocycles. The lowest BCUT2D eigenvalue weighted by molar-refractivity contribution is 0.102. The molecule has 2 nitrogen and oxygen atoms in total. The topological polar surface area (TPSA) is 29.1 Å². The molecule has 1 amide bonds. The van der Waals surface area contributed by atoms with E-state index >= 15 is 0 Å². The number of nitrogens with one attached hydrogen (secondary N) is 1. The number of halogens is 2. The quantitative estimate of drug-likeness (QED) is 0.866. The molecule has 5 heteroatoms. The molecule has 2 radical (unpaired) electrons. The SMILES string of the molecule is [B]c1cc(F)cc(NC(=O)c2ccc(C3CC3)cc2F)c1C. The van der Waals surface area contributed by atoms with Crippen LogP contribution in [0.15, 0.2) is 30.3 Å². The van der Waals surface area contributed by atoms with Gasteiger partial charge in [-0.2, -0.15) is 0 Å². The fourth-order valence-electron chi connectivity index (χ4n) is 2.41. The van der Waals surface area contributed by atoms with E-state index in [0.29, 0.717) is 11.5 Å². The number of carbonyl (C=O) groups excluding carboxylic acids is 1. The van der Waals surface area contributed by atoms with Gasteiger partial charge < -0.3 is 5.32 Å². The molecule has 0 atom stereocenters. The molecule has 0 unspecified atom stereocenters. The van der Waals surface area contributed by atoms with Crippen molar-refractivity contribution in [2.75, 3.05) is 5.32 Å². The van der Waals surface area contributed by atoms with Gasteiger partial charge in [0.25, 0.3) is 5.91 Å². The minimum absolute atomic E-state index is 0.0633. The number of carbonyl (C=O) groups is 1. The normalized spacial score (nSPS) is 14.0. The molecular formula is C17H14BF2NO. The summed E-state index contributed by atoms with van der Waals surface area (Å²) in [6, 6.07) is 6.98. The maximum absolute atomic E-state index is 14.1. The van der Waals surface area contributed by atoms with Gasteiger partial charge in [0.1, 0.15) is 19.5 Å². The number of rotatable bonds is 3. The number of amides is 1. The first-order valence-corrected chi connectivity index (χ1v) is 7.12. The van der Waals surface area contributed by atoms with E-state index in [4.69, 9.17) is 7.85 Å². The van der Waals surface area contributed by atoms with E-state index in [1.54, 1.807) is 13.0 Å². The van der Waals surface area contributed by atoms with Crippen molar-refractivity contribution < 1.29 is 13.6 Å². The summed E-state index contributed by atoms with van der Waals surface area (Å²) in [5.74, 6) is -1.32. The van der Waals surface area contributed by atoms with E-state index in [0.717, 1.165) is 18.4 Å². The molecule has 22 heavy (non-hydrogen) atoms. The lowest BCUT2D eigenvalue weighted by atomic mass is 9.90. The summed E-state index contributed by atoms with van der Waals surface area (Å²) in [5, 5.41) is 2.51. The molecule has 0 bridgehead atoms. The van der Waals surface area contributed by atoms with Gasteiger partial charge in [-0.15, -0.1) is 0 Å². The molecule has 110 valence electrons. The predicted molar refractivity (Wildman–Crippen MR) is 82.9 cm³/mol. The van der Waals surface area contributed by atoms with Crippen LogP contribution >= 0.6 is 0 Å². The fraction of sp³-hybridized carbons (Fsp3) is 0.235. The molecule has 0 aliphatic heterocycles. The van der Waals surface area contributed by atoms with Crippen molar-refractivity contribution in [3.63, 3.8) is 0 Å². The molecule has 2 aromatic carbocycles. The van der Waals surface area contributed by atoms with Crippen molar-refractivity contribution >= 4 is 24.9 Å². The average Bonchev–Trinajstić information content (AvgIpc) is 3.28. The predicted octanol–water partition coefficient (Wildman–Crippen LogP) is 3.20. The molecule has 0 aromatic heterocycles. The monoisotopic (exact) mass is 297 g/mol. The van der Waals surface area contributed by atoms with E-state index in [1.807, 2.05) is 0 Å². The molecule has 1 fully saturated rings. The van der Waals surface area contributed by atoms with Crippen LogP contribution in [0.3, 0.4) is 0 Å². The lowest BCUT2D eigenvalue weighted by Gasteiger charge is -2.12. The molecule has 2 aromatic rings. The third-order valence-electron chi connectivity index (χ3n) is 3.95. The minimum Gasteiger partial charge on any atom is -0.322 e. The molecule has 1 saturated carbocycles. The lowest BCUT2D eigenvalue weighted by Crippen LogP contribution is -2.18. The van der Waals surface area contributed by atoms with Crippen molar-refractivity contribution in [1.29, 1.82) is 0 Å². The third kappa shape index (κ3) is 2.89. The number of anilines is 1. The zero-order valence-corrected chi connectivity index (χ0v) is 12.1. The average molecular weight is 297 g/mol. The molecule has 1 aliphatic carbocycles. The summed E-state index contributed by atoms with van der Waals surface area (Å²) in [7, 11) is 5.66. The number of hydrogen-bond acceptors (Lipinski definition) is 1. The molecule has 1 N–H and O–H groups in total. The van der Waals surface area contributed by atoms with Gasteiger partial charge in [-0.3, -0.25) is 4.79 Å². The summed E-state index contributed by atoms with van der Waals surface area (Å²) >= 11 is 0. The summed E-state index contributed by atoms with van der Waals surface area (Å²) < 4.78 is 27.5. The van der Waals surface area contributed by atoms with Crippen LogP contribution in [-0.4, -0.2) is 13.8 Å². The van der Waals surface area contributed by atoms with Gasteiger partial charge in [0.15, 0.2) is 0 Å². The Labute approximate surface area is 129 Å². The Kier molecular flexibility index (Phi) is 3.73. The van der Waals surface area contributed by atoms with Crippen molar-refractivity contribution in [1.82, 2.24) is 0 Å². The van der Waals surface area contributed by atoms with Crippen LogP contribution in [0.5, 0.6) is 0 Å². The second-order valence-electron chi connectivity index (χ2n) is 5.64. The highest BCUT2D eigenvalue weighted by atomic mass is 19.1. The maximum Gasteiger partial charge on any atom is 0.258 e. The van der Waals surface area contributed by atoms with Crippen LogP contribution in [0.1, 0.15) is 40.2 Å². The zero-order valence-electron chi connectivity index (χ0n) is 12.1. The highest BCUT2D eigenvalue weighted by molar-refractivity contribution is 6.34. The highest BCUT2D eigenvalue weighted by Gasteiger charge is 2.25. The van der Waals surface area contributed by atoms with Crippen molar-refractivity contribution in [2.45, 2.75) is 25.7 Å². The van der Waals surface area contributed by atoms with Gasteiger partial charge >= 0.3 is 0 Å².